The van der Waals surface area contributed by atoms with E-state index in [1.54, 1.807) is 18.3 Å². The van der Waals surface area contributed by atoms with Crippen LogP contribution in [0.3, 0.4) is 0 Å². The molecule has 0 radical (unpaired) electrons. The molecule has 0 bridgehead atoms. The predicted molar refractivity (Wildman–Crippen MR) is 41.7 cm³/mol. The number of benzene rings is 1. The van der Waals surface area contributed by atoms with Crippen LogP contribution in [0.5, 0.6) is 0 Å². The van der Waals surface area contributed by atoms with Gasteiger partial charge in [0.15, 0.2) is 0 Å². The van der Waals surface area contributed by atoms with Crippen LogP contribution >= 0.6 is 0 Å². The molecule has 0 saturated heterocycles. The Labute approximate surface area is 60.7 Å². The van der Waals surface area contributed by atoms with Crippen molar-refractivity contribution in [2.75, 3.05) is 0 Å². The number of hydrogen-bond donors (Lipinski definition) is 0. The number of hydrogen-bond acceptors (Lipinski definition) is 1. The van der Waals surface area contributed by atoms with Crippen LogP contribution in [0.1, 0.15) is 1.37 Å². The minimum absolute atomic E-state index is 0.510. The Morgan fingerprint density at radius 3 is 3.10 bits per heavy atom. The fraction of sp³-hybridized carbons (Fsp3) is 0. The normalized spacial score (nSPS) is 11.4. The zero-order valence-corrected chi connectivity index (χ0v) is 5.41. The lowest BCUT2D eigenvalue weighted by Crippen LogP contribution is -1.73. The number of para-hydroxylation sites is 1. The summed E-state index contributed by atoms with van der Waals surface area (Å²) in [6.07, 6.45) is 1.74. The average Bonchev–Trinajstić information content (AvgIpc) is 2.04. The third-order valence-electron chi connectivity index (χ3n) is 1.45. The highest BCUT2D eigenvalue weighted by Gasteiger charge is 1.86. The molecule has 0 unspecified atom stereocenters. The maximum absolute atomic E-state index is 7.34. The zero-order chi connectivity index (χ0) is 7.68. The summed E-state index contributed by atoms with van der Waals surface area (Å²) in [4.78, 5) is 4.12. The first-order valence-corrected chi connectivity index (χ1v) is 3.18. The van der Waals surface area contributed by atoms with Gasteiger partial charge in [-0.3, -0.25) is 4.98 Å². The molecule has 1 heteroatoms. The smallest absolute Gasteiger partial charge is 0.0701 e. The maximum Gasteiger partial charge on any atom is 0.0701 e. The van der Waals surface area contributed by atoms with Gasteiger partial charge in [0.1, 0.15) is 0 Å². The Bertz CT molecular complexity index is 384. The summed E-state index contributed by atoms with van der Waals surface area (Å²) in [5, 5.41) is 1.09. The minimum Gasteiger partial charge on any atom is -0.256 e. The lowest BCUT2D eigenvalue weighted by atomic mass is 10.2. The van der Waals surface area contributed by atoms with Gasteiger partial charge in [0.2, 0.25) is 0 Å². The Morgan fingerprint density at radius 1 is 1.20 bits per heavy atom. The molecule has 0 aliphatic carbocycles. The third kappa shape index (κ3) is 0.760. The first kappa shape index (κ1) is 4.45. The number of nitrogens with zero attached hydrogens (tertiary/aromatic N) is 1. The van der Waals surface area contributed by atoms with E-state index in [-0.39, 0.29) is 0 Å². The lowest BCUT2D eigenvalue weighted by Gasteiger charge is -1.91. The van der Waals surface area contributed by atoms with Crippen LogP contribution in [0.4, 0.5) is 0 Å². The van der Waals surface area contributed by atoms with E-state index in [4.69, 9.17) is 1.37 Å². The summed E-state index contributed by atoms with van der Waals surface area (Å²) in [6.45, 7) is 0. The standard InChI is InChI=1S/C9H7N/c1-2-6-9-8(4-1)5-3-7-10-9/h1-7H/i2D. The van der Waals surface area contributed by atoms with Gasteiger partial charge in [0.25, 0.3) is 0 Å². The Balaban J connectivity index is 2.83. The molecule has 0 amide bonds. The quantitative estimate of drug-likeness (QED) is 0.533. The van der Waals surface area contributed by atoms with Crippen molar-refractivity contribution in [3.8, 4) is 0 Å². The van der Waals surface area contributed by atoms with Gasteiger partial charge in [0, 0.05) is 11.6 Å². The van der Waals surface area contributed by atoms with Gasteiger partial charge in [0.05, 0.1) is 6.89 Å². The van der Waals surface area contributed by atoms with Crippen LogP contribution in [-0.4, -0.2) is 4.98 Å². The molecule has 10 heavy (non-hydrogen) atoms. The summed E-state index contributed by atoms with van der Waals surface area (Å²) in [6, 6.07) is 9.83. The Morgan fingerprint density at radius 2 is 2.10 bits per heavy atom. The molecule has 0 aliphatic heterocycles. The van der Waals surface area contributed by atoms with Crippen LogP contribution in [-0.2, 0) is 0 Å². The molecule has 2 rings (SSSR count). The van der Waals surface area contributed by atoms with Gasteiger partial charge >= 0.3 is 0 Å². The molecule has 2 aromatic rings. The van der Waals surface area contributed by atoms with Gasteiger partial charge in [-0.25, -0.2) is 0 Å². The van der Waals surface area contributed by atoms with Gasteiger partial charge in [-0.2, -0.15) is 0 Å². The van der Waals surface area contributed by atoms with E-state index in [2.05, 4.69) is 4.98 Å². The fourth-order valence-electron chi connectivity index (χ4n) is 0.956. The highest BCUT2D eigenvalue weighted by Crippen LogP contribution is 2.07. The van der Waals surface area contributed by atoms with Gasteiger partial charge in [-0.15, -0.1) is 0 Å². The lowest BCUT2D eigenvalue weighted by molar-refractivity contribution is 1.41. The molecular formula is C9H7N. The van der Waals surface area contributed by atoms with Crippen molar-refractivity contribution < 1.29 is 1.37 Å². The van der Waals surface area contributed by atoms with Gasteiger partial charge in [-0.1, -0.05) is 24.2 Å². The molecule has 0 spiro atoms. The Hall–Kier alpha value is -1.37. The minimum atomic E-state index is 0.510. The third-order valence-corrected chi connectivity index (χ3v) is 1.45. The molecule has 48 valence electrons. The fourth-order valence-corrected chi connectivity index (χ4v) is 0.956. The topological polar surface area (TPSA) is 12.9 Å². The van der Waals surface area contributed by atoms with E-state index in [0.717, 1.165) is 10.9 Å². The first-order valence-electron chi connectivity index (χ1n) is 3.68. The molecule has 1 heterocycles. The summed E-state index contributed by atoms with van der Waals surface area (Å²) in [7, 11) is 0. The van der Waals surface area contributed by atoms with Crippen molar-refractivity contribution in [1.82, 2.24) is 4.98 Å². The van der Waals surface area contributed by atoms with E-state index in [9.17, 15) is 0 Å². The van der Waals surface area contributed by atoms with E-state index in [1.807, 2.05) is 18.2 Å². The molecule has 1 aromatic heterocycles. The largest absolute Gasteiger partial charge is 0.256 e. The van der Waals surface area contributed by atoms with Gasteiger partial charge in [-0.05, 0) is 12.1 Å². The van der Waals surface area contributed by atoms with E-state index >= 15 is 0 Å². The molecule has 0 N–H and O–H groups in total. The summed E-state index contributed by atoms with van der Waals surface area (Å²) in [5.74, 6) is 0. The first-order chi connectivity index (χ1) is 5.36. The molecule has 0 fully saturated rings. The molecule has 1 aromatic carbocycles. The van der Waals surface area contributed by atoms with Crippen LogP contribution in [0, 0.1) is 0 Å². The summed E-state index contributed by atoms with van der Waals surface area (Å²) < 4.78 is 7.34. The zero-order valence-electron chi connectivity index (χ0n) is 6.41. The van der Waals surface area contributed by atoms with Crippen LogP contribution in [0.2, 0.25) is 0 Å². The van der Waals surface area contributed by atoms with Crippen molar-refractivity contribution in [3.63, 3.8) is 0 Å². The highest BCUT2D eigenvalue weighted by atomic mass is 14.6. The summed E-state index contributed by atoms with van der Waals surface area (Å²) >= 11 is 0. The maximum atomic E-state index is 7.34. The predicted octanol–water partition coefficient (Wildman–Crippen LogP) is 2.23. The Kier molecular flexibility index (Phi) is 0.935. The number of rotatable bonds is 0. The molecule has 1 nitrogen and oxygen atoms in total. The van der Waals surface area contributed by atoms with Crippen molar-refractivity contribution in [3.05, 3.63) is 42.6 Å². The second kappa shape index (κ2) is 2.10. The van der Waals surface area contributed by atoms with Crippen molar-refractivity contribution in [1.29, 1.82) is 0 Å². The molecular weight excluding hydrogens is 122 g/mol. The number of aromatic nitrogens is 1. The van der Waals surface area contributed by atoms with E-state index in [1.165, 1.54) is 0 Å². The van der Waals surface area contributed by atoms with Crippen LogP contribution in [0.25, 0.3) is 10.9 Å². The van der Waals surface area contributed by atoms with Crippen LogP contribution < -0.4 is 0 Å². The number of fused-ring (bicyclic) bond motifs is 1. The molecule has 0 aliphatic rings. The number of pyridine rings is 1. The molecule has 0 atom stereocenters. The SMILES string of the molecule is [2H]c1ccc2cccnc2c1. The second-order valence-corrected chi connectivity index (χ2v) is 2.12. The monoisotopic (exact) mass is 130 g/mol. The van der Waals surface area contributed by atoms with Crippen molar-refractivity contribution in [2.24, 2.45) is 0 Å². The molecule has 0 saturated carbocycles. The van der Waals surface area contributed by atoms with Crippen LogP contribution in [0.15, 0.2) is 42.6 Å². The van der Waals surface area contributed by atoms with E-state index in [0.29, 0.717) is 6.04 Å². The highest BCUT2D eigenvalue weighted by molar-refractivity contribution is 5.77. The van der Waals surface area contributed by atoms with Gasteiger partial charge < -0.3 is 0 Å². The van der Waals surface area contributed by atoms with Crippen molar-refractivity contribution in [2.45, 2.75) is 0 Å². The summed E-state index contributed by atoms with van der Waals surface area (Å²) in [5.41, 5.74) is 0.889. The second-order valence-electron chi connectivity index (χ2n) is 2.12. The van der Waals surface area contributed by atoms with Crippen molar-refractivity contribution >= 4 is 10.9 Å². The average molecular weight is 130 g/mol. The van der Waals surface area contributed by atoms with E-state index < -0.39 is 0 Å².